The smallest absolute Gasteiger partial charge is 0.240 e. The number of hydrogen-bond acceptors (Lipinski definition) is 6. The second-order valence-corrected chi connectivity index (χ2v) is 8.71. The van der Waals surface area contributed by atoms with Gasteiger partial charge in [-0.3, -0.25) is 4.79 Å². The molecule has 1 atom stereocenters. The van der Waals surface area contributed by atoms with Gasteiger partial charge in [0.15, 0.2) is 5.16 Å². The zero-order valence-electron chi connectivity index (χ0n) is 16.7. The molecule has 5 rings (SSSR count). The van der Waals surface area contributed by atoms with E-state index in [0.717, 1.165) is 22.3 Å². The van der Waals surface area contributed by atoms with Crippen LogP contribution in [0.3, 0.4) is 0 Å². The Hall–Kier alpha value is -2.64. The molecule has 0 radical (unpaired) electrons. The van der Waals surface area contributed by atoms with Crippen LogP contribution in [0.5, 0.6) is 0 Å². The van der Waals surface area contributed by atoms with Crippen molar-refractivity contribution in [2.45, 2.75) is 29.3 Å². The fraction of sp³-hybridized carbons (Fsp3) is 0.348. The summed E-state index contributed by atoms with van der Waals surface area (Å²) in [5.41, 5.74) is 1.86. The van der Waals surface area contributed by atoms with Gasteiger partial charge in [-0.25, -0.2) is 9.97 Å². The normalized spacial score (nSPS) is 17.7. The average molecular weight is 421 g/mol. The number of thioether (sulfide) groups is 1. The molecule has 30 heavy (non-hydrogen) atoms. The van der Waals surface area contributed by atoms with E-state index in [-0.39, 0.29) is 11.2 Å². The number of anilines is 1. The summed E-state index contributed by atoms with van der Waals surface area (Å²) >= 11 is 1.43. The molecule has 1 aromatic heterocycles. The number of fused-ring (bicyclic) bond motifs is 1. The van der Waals surface area contributed by atoms with Crippen LogP contribution in [0.15, 0.2) is 59.8 Å². The lowest BCUT2D eigenvalue weighted by Gasteiger charge is -2.30. The molecule has 2 aliphatic rings. The number of rotatable bonds is 6. The summed E-state index contributed by atoms with van der Waals surface area (Å²) in [6, 6.07) is 18.4. The predicted molar refractivity (Wildman–Crippen MR) is 119 cm³/mol. The SMILES string of the molecule is O=C([C@H](Sc1nc(NC2CC2)c2ccccc2n1)c1ccccc1)N1CCOCC1. The highest BCUT2D eigenvalue weighted by Crippen LogP contribution is 2.37. The first-order chi connectivity index (χ1) is 14.8. The zero-order chi connectivity index (χ0) is 20.3. The van der Waals surface area contributed by atoms with Gasteiger partial charge in [-0.2, -0.15) is 0 Å². The Morgan fingerprint density at radius 2 is 1.77 bits per heavy atom. The number of ether oxygens (including phenoxy) is 1. The fourth-order valence-electron chi connectivity index (χ4n) is 3.58. The van der Waals surface area contributed by atoms with Gasteiger partial charge in [-0.05, 0) is 30.5 Å². The van der Waals surface area contributed by atoms with E-state index >= 15 is 0 Å². The monoisotopic (exact) mass is 420 g/mol. The van der Waals surface area contributed by atoms with Gasteiger partial charge in [0.25, 0.3) is 0 Å². The summed E-state index contributed by atoms with van der Waals surface area (Å²) in [6.45, 7) is 2.41. The van der Waals surface area contributed by atoms with Crippen molar-refractivity contribution in [2.75, 3.05) is 31.6 Å². The minimum atomic E-state index is -0.390. The molecule has 2 fully saturated rings. The summed E-state index contributed by atoms with van der Waals surface area (Å²) in [5.74, 6) is 0.944. The van der Waals surface area contributed by atoms with Gasteiger partial charge < -0.3 is 15.0 Å². The minimum Gasteiger partial charge on any atom is -0.378 e. The van der Waals surface area contributed by atoms with E-state index in [0.29, 0.717) is 37.5 Å². The van der Waals surface area contributed by atoms with Crippen molar-refractivity contribution >= 4 is 34.4 Å². The molecule has 1 saturated carbocycles. The van der Waals surface area contributed by atoms with Crippen molar-refractivity contribution in [3.63, 3.8) is 0 Å². The fourth-order valence-corrected chi connectivity index (χ4v) is 4.63. The standard InChI is InChI=1S/C23H24N4O2S/c28-22(27-12-14-29-15-13-27)20(16-6-2-1-3-7-16)30-23-25-19-9-5-4-8-18(19)21(26-23)24-17-10-11-17/h1-9,17,20H,10-15H2,(H,24,25,26)/t20-/m1/s1. The van der Waals surface area contributed by atoms with Crippen molar-refractivity contribution in [3.8, 4) is 0 Å². The highest BCUT2D eigenvalue weighted by atomic mass is 32.2. The molecule has 0 spiro atoms. The molecule has 1 aliphatic carbocycles. The lowest BCUT2D eigenvalue weighted by Crippen LogP contribution is -2.42. The molecule has 2 heterocycles. The van der Waals surface area contributed by atoms with Gasteiger partial charge >= 0.3 is 0 Å². The van der Waals surface area contributed by atoms with E-state index in [2.05, 4.69) is 5.32 Å². The number of morpholine rings is 1. The van der Waals surface area contributed by atoms with Crippen molar-refractivity contribution < 1.29 is 9.53 Å². The van der Waals surface area contributed by atoms with Crippen LogP contribution in [0.2, 0.25) is 0 Å². The van der Waals surface area contributed by atoms with E-state index in [4.69, 9.17) is 14.7 Å². The Balaban J connectivity index is 1.49. The van der Waals surface area contributed by atoms with Crippen molar-refractivity contribution in [2.24, 2.45) is 0 Å². The first kappa shape index (κ1) is 19.3. The highest BCUT2D eigenvalue weighted by molar-refractivity contribution is 8.00. The Bertz CT molecular complexity index is 1040. The number of nitrogens with one attached hydrogen (secondary N) is 1. The van der Waals surface area contributed by atoms with Crippen LogP contribution < -0.4 is 5.32 Å². The van der Waals surface area contributed by atoms with Gasteiger partial charge in [0.1, 0.15) is 11.1 Å². The maximum absolute atomic E-state index is 13.4. The van der Waals surface area contributed by atoms with Gasteiger partial charge in [0, 0.05) is 24.5 Å². The van der Waals surface area contributed by atoms with Crippen LogP contribution in [0.25, 0.3) is 10.9 Å². The molecule has 2 aromatic carbocycles. The number of aromatic nitrogens is 2. The Kier molecular flexibility index (Phi) is 5.55. The minimum absolute atomic E-state index is 0.0861. The first-order valence-corrected chi connectivity index (χ1v) is 11.3. The topological polar surface area (TPSA) is 67.4 Å². The third kappa shape index (κ3) is 4.27. The van der Waals surface area contributed by atoms with Crippen molar-refractivity contribution in [3.05, 3.63) is 60.2 Å². The lowest BCUT2D eigenvalue weighted by atomic mass is 10.1. The predicted octanol–water partition coefficient (Wildman–Crippen LogP) is 3.90. The van der Waals surface area contributed by atoms with Crippen LogP contribution in [-0.2, 0) is 9.53 Å². The Morgan fingerprint density at radius 3 is 2.53 bits per heavy atom. The molecule has 154 valence electrons. The lowest BCUT2D eigenvalue weighted by molar-refractivity contribution is -0.134. The molecule has 0 bridgehead atoms. The van der Waals surface area contributed by atoms with Gasteiger partial charge in [0.2, 0.25) is 5.91 Å². The van der Waals surface area contributed by atoms with E-state index in [9.17, 15) is 4.79 Å². The van der Waals surface area contributed by atoms with Gasteiger partial charge in [0.05, 0.1) is 18.7 Å². The zero-order valence-corrected chi connectivity index (χ0v) is 17.5. The largest absolute Gasteiger partial charge is 0.378 e. The Labute approximate surface area is 180 Å². The third-order valence-electron chi connectivity index (χ3n) is 5.37. The molecule has 3 aromatic rings. The summed E-state index contributed by atoms with van der Waals surface area (Å²) in [5, 5.41) is 4.77. The van der Waals surface area contributed by atoms with E-state index < -0.39 is 0 Å². The second kappa shape index (κ2) is 8.62. The van der Waals surface area contributed by atoms with Gasteiger partial charge in [-0.1, -0.05) is 54.2 Å². The highest BCUT2D eigenvalue weighted by Gasteiger charge is 2.30. The number of amides is 1. The quantitative estimate of drug-likeness (QED) is 0.482. The van der Waals surface area contributed by atoms with Crippen LogP contribution in [0.4, 0.5) is 5.82 Å². The number of nitrogens with zero attached hydrogens (tertiary/aromatic N) is 3. The van der Waals surface area contributed by atoms with Crippen LogP contribution in [-0.4, -0.2) is 53.1 Å². The molecular weight excluding hydrogens is 396 g/mol. The summed E-state index contributed by atoms with van der Waals surface area (Å²) < 4.78 is 5.43. The van der Waals surface area contributed by atoms with E-state index in [1.165, 1.54) is 24.6 Å². The number of hydrogen-bond donors (Lipinski definition) is 1. The maximum Gasteiger partial charge on any atom is 0.240 e. The van der Waals surface area contributed by atoms with Crippen LogP contribution >= 0.6 is 11.8 Å². The number of para-hydroxylation sites is 1. The van der Waals surface area contributed by atoms with Crippen molar-refractivity contribution in [1.29, 1.82) is 0 Å². The molecular formula is C23H24N4O2S. The summed E-state index contributed by atoms with van der Waals surface area (Å²) in [6.07, 6.45) is 2.34. The molecule has 7 heteroatoms. The van der Waals surface area contributed by atoms with Crippen molar-refractivity contribution in [1.82, 2.24) is 14.9 Å². The molecule has 6 nitrogen and oxygen atoms in total. The number of benzene rings is 2. The second-order valence-electron chi connectivity index (χ2n) is 7.64. The van der Waals surface area contributed by atoms with E-state index in [1.54, 1.807) is 0 Å². The molecule has 1 aliphatic heterocycles. The third-order valence-corrected chi connectivity index (χ3v) is 6.48. The van der Waals surface area contributed by atoms with Gasteiger partial charge in [-0.15, -0.1) is 0 Å². The molecule has 1 saturated heterocycles. The first-order valence-electron chi connectivity index (χ1n) is 10.4. The average Bonchev–Trinajstić information content (AvgIpc) is 3.62. The Morgan fingerprint density at radius 1 is 1.03 bits per heavy atom. The molecule has 1 amide bonds. The number of carbonyl (C=O) groups excluding carboxylic acids is 1. The maximum atomic E-state index is 13.4. The summed E-state index contributed by atoms with van der Waals surface area (Å²) in [4.78, 5) is 24.9. The van der Waals surface area contributed by atoms with Crippen LogP contribution in [0, 0.1) is 0 Å². The van der Waals surface area contributed by atoms with E-state index in [1.807, 2.05) is 59.5 Å². The molecule has 0 unspecified atom stereocenters. The summed E-state index contributed by atoms with van der Waals surface area (Å²) in [7, 11) is 0. The number of carbonyl (C=O) groups is 1. The molecule has 1 N–H and O–H groups in total. The van der Waals surface area contributed by atoms with Crippen LogP contribution in [0.1, 0.15) is 23.7 Å².